The minimum absolute atomic E-state index is 0.0234. The Balaban J connectivity index is 2.56. The largest absolute Gasteiger partial charge is 0.495 e. The number of hydrogen-bond acceptors (Lipinski definition) is 4. The van der Waals surface area contributed by atoms with Crippen LogP contribution in [0.1, 0.15) is 18.4 Å². The summed E-state index contributed by atoms with van der Waals surface area (Å²) in [4.78, 5) is 22.5. The van der Waals surface area contributed by atoms with Crippen molar-refractivity contribution >= 4 is 23.4 Å². The monoisotopic (exact) mass is 270 g/mol. The van der Waals surface area contributed by atoms with Crippen molar-refractivity contribution in [2.24, 2.45) is 0 Å². The standard InChI is InChI=1S/C13H15ClO4/c1-17-12-8-9(3-5-11(12)14)7-10(15)4-6-13(16)18-2/h3,5,8H,4,6-7H2,1-2H3. The molecule has 0 N–H and O–H groups in total. The van der Waals surface area contributed by atoms with Gasteiger partial charge in [0.05, 0.1) is 25.7 Å². The Kier molecular flexibility index (Phi) is 5.65. The van der Waals surface area contributed by atoms with Crippen LogP contribution in [0.15, 0.2) is 18.2 Å². The molecule has 0 unspecified atom stereocenters. The van der Waals surface area contributed by atoms with E-state index in [4.69, 9.17) is 16.3 Å². The highest BCUT2D eigenvalue weighted by Crippen LogP contribution is 2.25. The zero-order chi connectivity index (χ0) is 13.5. The Morgan fingerprint density at radius 1 is 1.22 bits per heavy atom. The second-order valence-corrected chi connectivity index (χ2v) is 4.17. The van der Waals surface area contributed by atoms with Crippen molar-refractivity contribution in [2.45, 2.75) is 19.3 Å². The predicted molar refractivity (Wildman–Crippen MR) is 68.0 cm³/mol. The molecular weight excluding hydrogens is 256 g/mol. The number of carbonyl (C=O) groups is 2. The van der Waals surface area contributed by atoms with Crippen LogP contribution < -0.4 is 4.74 Å². The number of esters is 1. The number of halogens is 1. The van der Waals surface area contributed by atoms with Crippen LogP contribution in [0.25, 0.3) is 0 Å². The van der Waals surface area contributed by atoms with Crippen molar-refractivity contribution in [1.82, 2.24) is 0 Å². The molecule has 0 atom stereocenters. The minimum Gasteiger partial charge on any atom is -0.495 e. The topological polar surface area (TPSA) is 52.6 Å². The zero-order valence-electron chi connectivity index (χ0n) is 10.4. The highest BCUT2D eigenvalue weighted by Gasteiger charge is 2.09. The first-order valence-corrected chi connectivity index (χ1v) is 5.85. The van der Waals surface area contributed by atoms with Gasteiger partial charge in [-0.15, -0.1) is 0 Å². The summed E-state index contributed by atoms with van der Waals surface area (Å²) in [5.41, 5.74) is 0.811. The third-order valence-electron chi connectivity index (χ3n) is 2.45. The number of carbonyl (C=O) groups excluding carboxylic acids is 2. The number of ether oxygens (including phenoxy) is 2. The first kappa shape index (κ1) is 14.5. The second kappa shape index (κ2) is 7.01. The molecule has 5 heteroatoms. The van der Waals surface area contributed by atoms with Gasteiger partial charge in [0.25, 0.3) is 0 Å². The Bertz CT molecular complexity index is 443. The summed E-state index contributed by atoms with van der Waals surface area (Å²) < 4.78 is 9.54. The van der Waals surface area contributed by atoms with E-state index >= 15 is 0 Å². The number of hydrogen-bond donors (Lipinski definition) is 0. The summed E-state index contributed by atoms with van der Waals surface area (Å²) in [6.45, 7) is 0. The number of benzene rings is 1. The van der Waals surface area contributed by atoms with Crippen molar-refractivity contribution in [2.75, 3.05) is 14.2 Å². The van der Waals surface area contributed by atoms with Crippen molar-refractivity contribution in [3.05, 3.63) is 28.8 Å². The fraction of sp³-hybridized carbons (Fsp3) is 0.385. The number of Topliss-reactive ketones (excluding diaryl/α,β-unsaturated/α-hetero) is 1. The molecule has 0 bridgehead atoms. The molecule has 0 heterocycles. The lowest BCUT2D eigenvalue weighted by molar-refractivity contribution is -0.141. The molecule has 4 nitrogen and oxygen atoms in total. The van der Waals surface area contributed by atoms with Gasteiger partial charge in [-0.1, -0.05) is 17.7 Å². The Morgan fingerprint density at radius 3 is 2.56 bits per heavy atom. The summed E-state index contributed by atoms with van der Waals surface area (Å²) in [7, 11) is 2.82. The average molecular weight is 271 g/mol. The molecule has 1 aromatic carbocycles. The Morgan fingerprint density at radius 2 is 1.94 bits per heavy atom. The smallest absolute Gasteiger partial charge is 0.305 e. The van der Waals surface area contributed by atoms with Crippen molar-refractivity contribution in [1.29, 1.82) is 0 Å². The van der Waals surface area contributed by atoms with Gasteiger partial charge in [-0.25, -0.2) is 0 Å². The third-order valence-corrected chi connectivity index (χ3v) is 2.76. The lowest BCUT2D eigenvalue weighted by Crippen LogP contribution is -2.08. The van der Waals surface area contributed by atoms with E-state index in [9.17, 15) is 9.59 Å². The molecule has 0 spiro atoms. The summed E-state index contributed by atoms with van der Waals surface area (Å²) in [5, 5.41) is 0.503. The lowest BCUT2D eigenvalue weighted by Gasteiger charge is -2.06. The maximum Gasteiger partial charge on any atom is 0.305 e. The van der Waals surface area contributed by atoms with E-state index in [1.165, 1.54) is 14.2 Å². The van der Waals surface area contributed by atoms with Crippen molar-refractivity contribution < 1.29 is 19.1 Å². The average Bonchev–Trinajstić information content (AvgIpc) is 2.38. The fourth-order valence-corrected chi connectivity index (χ4v) is 1.67. The molecule has 18 heavy (non-hydrogen) atoms. The van der Waals surface area contributed by atoms with Gasteiger partial charge in [0.15, 0.2) is 0 Å². The first-order chi connectivity index (χ1) is 8.56. The summed E-state index contributed by atoms with van der Waals surface area (Å²) in [6, 6.07) is 5.17. The number of ketones is 1. The third kappa shape index (κ3) is 4.37. The van der Waals surface area contributed by atoms with Gasteiger partial charge in [-0.05, 0) is 17.7 Å². The van der Waals surface area contributed by atoms with Crippen LogP contribution >= 0.6 is 11.6 Å². The molecule has 0 aliphatic rings. The predicted octanol–water partition coefficient (Wildman–Crippen LogP) is 2.41. The van der Waals surface area contributed by atoms with E-state index in [0.29, 0.717) is 10.8 Å². The summed E-state index contributed by atoms with van der Waals surface area (Å²) in [6.07, 6.45) is 0.544. The van der Waals surface area contributed by atoms with Gasteiger partial charge in [0.1, 0.15) is 11.5 Å². The fourth-order valence-electron chi connectivity index (χ4n) is 1.47. The highest BCUT2D eigenvalue weighted by atomic mass is 35.5. The molecule has 1 aromatic rings. The molecule has 0 saturated carbocycles. The highest BCUT2D eigenvalue weighted by molar-refractivity contribution is 6.32. The quantitative estimate of drug-likeness (QED) is 0.745. The maximum atomic E-state index is 11.6. The first-order valence-electron chi connectivity index (χ1n) is 5.47. The molecule has 0 saturated heterocycles. The molecule has 0 aromatic heterocycles. The van der Waals surface area contributed by atoms with Crippen LogP contribution in [0.5, 0.6) is 5.75 Å². The molecule has 0 aliphatic heterocycles. The van der Waals surface area contributed by atoms with Gasteiger partial charge in [0.2, 0.25) is 0 Å². The minimum atomic E-state index is -0.378. The van der Waals surface area contributed by atoms with Gasteiger partial charge in [0, 0.05) is 12.8 Å². The molecule has 0 amide bonds. The Hall–Kier alpha value is -1.55. The van der Waals surface area contributed by atoms with Crippen molar-refractivity contribution in [3.63, 3.8) is 0 Å². The van der Waals surface area contributed by atoms with E-state index in [2.05, 4.69) is 4.74 Å². The van der Waals surface area contributed by atoms with Crippen LogP contribution in [0.3, 0.4) is 0 Å². The van der Waals surface area contributed by atoms with E-state index in [1.807, 2.05) is 0 Å². The normalized spacial score (nSPS) is 9.94. The molecule has 0 radical (unpaired) electrons. The van der Waals surface area contributed by atoms with E-state index in [-0.39, 0.29) is 31.0 Å². The van der Waals surface area contributed by atoms with Gasteiger partial charge in [-0.3, -0.25) is 9.59 Å². The van der Waals surface area contributed by atoms with Crippen LogP contribution in [-0.2, 0) is 20.7 Å². The molecule has 0 aliphatic carbocycles. The SMILES string of the molecule is COC(=O)CCC(=O)Cc1ccc(Cl)c(OC)c1. The van der Waals surface area contributed by atoms with E-state index in [0.717, 1.165) is 5.56 Å². The summed E-state index contributed by atoms with van der Waals surface area (Å²) in [5.74, 6) is 0.136. The van der Waals surface area contributed by atoms with Crippen LogP contribution in [0, 0.1) is 0 Å². The van der Waals surface area contributed by atoms with Crippen LogP contribution in [-0.4, -0.2) is 26.0 Å². The van der Waals surface area contributed by atoms with Gasteiger partial charge in [-0.2, -0.15) is 0 Å². The number of rotatable bonds is 6. The van der Waals surface area contributed by atoms with Gasteiger partial charge < -0.3 is 9.47 Å². The van der Waals surface area contributed by atoms with E-state index in [1.54, 1.807) is 18.2 Å². The second-order valence-electron chi connectivity index (χ2n) is 3.76. The van der Waals surface area contributed by atoms with Crippen molar-refractivity contribution in [3.8, 4) is 5.75 Å². The zero-order valence-corrected chi connectivity index (χ0v) is 11.1. The van der Waals surface area contributed by atoms with Gasteiger partial charge >= 0.3 is 5.97 Å². The maximum absolute atomic E-state index is 11.6. The Labute approximate surface area is 111 Å². The van der Waals surface area contributed by atoms with Crippen LogP contribution in [0.2, 0.25) is 5.02 Å². The molecular formula is C13H15ClO4. The molecule has 98 valence electrons. The molecule has 0 fully saturated rings. The number of methoxy groups -OCH3 is 2. The molecule has 1 rings (SSSR count). The summed E-state index contributed by atoms with van der Waals surface area (Å²) >= 11 is 5.88. The lowest BCUT2D eigenvalue weighted by atomic mass is 10.1. The van der Waals surface area contributed by atoms with Crippen LogP contribution in [0.4, 0.5) is 0 Å². The van der Waals surface area contributed by atoms with E-state index < -0.39 is 0 Å².